The van der Waals surface area contributed by atoms with Crippen LogP contribution in [0.3, 0.4) is 0 Å². The van der Waals surface area contributed by atoms with Crippen molar-refractivity contribution in [3.63, 3.8) is 0 Å². The molecule has 10 rings (SSSR count). The average Bonchev–Trinajstić information content (AvgIpc) is 3.81. The Hall–Kier alpha value is -7.44. The lowest BCUT2D eigenvalue weighted by Gasteiger charge is -2.29. The van der Waals surface area contributed by atoms with Gasteiger partial charge in [-0.2, -0.15) is 0 Å². The normalized spacial score (nSPS) is 12.7. The number of aromatic nitrogens is 2. The Morgan fingerprint density at radius 2 is 0.694 bits per heavy atom. The molecule has 0 saturated carbocycles. The van der Waals surface area contributed by atoms with E-state index in [1.165, 1.54) is 0 Å². The van der Waals surface area contributed by atoms with E-state index in [1.54, 1.807) is 0 Å². The van der Waals surface area contributed by atoms with Gasteiger partial charge in [0.1, 0.15) is 35.2 Å². The van der Waals surface area contributed by atoms with E-state index in [0.717, 1.165) is 77.2 Å². The molecule has 10 aromatic rings. The van der Waals surface area contributed by atoms with Crippen LogP contribution in [0.15, 0.2) is 170 Å². The van der Waals surface area contributed by atoms with Crippen LogP contribution in [-0.4, -0.2) is 31.6 Å². The predicted molar refractivity (Wildman–Crippen MR) is 255 cm³/mol. The van der Waals surface area contributed by atoms with Gasteiger partial charge in [0.2, 0.25) is 0 Å². The molecule has 0 spiro atoms. The standard InChI is InChI=1S/C56H48N2O4/c1-34-30-45(55(59)51(32-34)57-47-24-12-6-18-39(47)40-19-7-13-25-48(40)57)43-22-10-16-28-53(43)61-37(4)36(3)38(5)62-54-29-17-11-23-44(54)46-31-35(2)33-52(56(46)60)58-49-26-14-8-20-41(49)42-21-9-15-27-50(42)58/h6-33,36-38,59-60H,1-5H3/t37-,38-/m1/s1. The van der Waals surface area contributed by atoms with Crippen LogP contribution in [0.5, 0.6) is 23.0 Å². The van der Waals surface area contributed by atoms with Crippen LogP contribution in [0.4, 0.5) is 0 Å². The largest absolute Gasteiger partial charge is 0.505 e. The van der Waals surface area contributed by atoms with Gasteiger partial charge >= 0.3 is 0 Å². The SMILES string of the molecule is Cc1cc(-c2ccccc2O[C@H](C)C(C)[C@@H](C)Oc2ccccc2-c2cc(C)cc(-n3c4ccccc4c4ccccc43)c2O)c(O)c(-n2c3ccccc3c3ccccc32)c1. The number of fused-ring (bicyclic) bond motifs is 6. The van der Waals surface area contributed by atoms with Gasteiger partial charge in [0.25, 0.3) is 0 Å². The van der Waals surface area contributed by atoms with Crippen LogP contribution >= 0.6 is 0 Å². The molecule has 0 unspecified atom stereocenters. The van der Waals surface area contributed by atoms with Crippen molar-refractivity contribution in [2.24, 2.45) is 5.92 Å². The summed E-state index contributed by atoms with van der Waals surface area (Å²) in [4.78, 5) is 0. The molecule has 8 aromatic carbocycles. The van der Waals surface area contributed by atoms with Crippen LogP contribution in [-0.2, 0) is 0 Å². The molecule has 2 aromatic heterocycles. The van der Waals surface area contributed by atoms with Gasteiger partial charge in [-0.25, -0.2) is 0 Å². The number of hydrogen-bond acceptors (Lipinski definition) is 4. The highest BCUT2D eigenvalue weighted by molar-refractivity contribution is 6.10. The van der Waals surface area contributed by atoms with Crippen molar-refractivity contribution in [3.05, 3.63) is 181 Å². The van der Waals surface area contributed by atoms with Gasteiger partial charge in [0.15, 0.2) is 0 Å². The number of benzene rings is 8. The van der Waals surface area contributed by atoms with Crippen LogP contribution in [0.25, 0.3) is 77.2 Å². The molecule has 0 aliphatic rings. The third-order valence-corrected chi connectivity index (χ3v) is 12.6. The van der Waals surface area contributed by atoms with Crippen LogP contribution < -0.4 is 9.47 Å². The number of phenols is 2. The Bertz CT molecular complexity index is 2990. The minimum Gasteiger partial charge on any atom is -0.505 e. The second-order valence-corrected chi connectivity index (χ2v) is 16.6. The van der Waals surface area contributed by atoms with Crippen LogP contribution in [0.1, 0.15) is 31.9 Å². The summed E-state index contributed by atoms with van der Waals surface area (Å²) < 4.78 is 18.0. The Kier molecular flexibility index (Phi) is 9.71. The summed E-state index contributed by atoms with van der Waals surface area (Å²) >= 11 is 0. The smallest absolute Gasteiger partial charge is 0.147 e. The topological polar surface area (TPSA) is 68.8 Å². The van der Waals surface area contributed by atoms with Gasteiger partial charge in [0, 0.05) is 49.7 Å². The molecule has 0 amide bonds. The molecule has 6 heteroatoms. The molecule has 2 N–H and O–H groups in total. The van der Waals surface area contributed by atoms with Gasteiger partial charge in [-0.15, -0.1) is 0 Å². The predicted octanol–water partition coefficient (Wildman–Crippen LogP) is 14.1. The summed E-state index contributed by atoms with van der Waals surface area (Å²) in [5.74, 6) is 1.67. The molecule has 0 fully saturated rings. The van der Waals surface area contributed by atoms with Crippen LogP contribution in [0.2, 0.25) is 0 Å². The van der Waals surface area contributed by atoms with Crippen molar-refractivity contribution in [1.82, 2.24) is 9.13 Å². The van der Waals surface area contributed by atoms with Crippen molar-refractivity contribution in [3.8, 4) is 56.6 Å². The van der Waals surface area contributed by atoms with Crippen molar-refractivity contribution in [1.29, 1.82) is 0 Å². The zero-order valence-corrected chi connectivity index (χ0v) is 35.5. The third-order valence-electron chi connectivity index (χ3n) is 12.6. The van der Waals surface area contributed by atoms with Crippen molar-refractivity contribution in [2.75, 3.05) is 0 Å². The van der Waals surface area contributed by atoms with Gasteiger partial charge in [-0.3, -0.25) is 0 Å². The molecule has 0 aliphatic heterocycles. The van der Waals surface area contributed by atoms with Gasteiger partial charge in [-0.1, -0.05) is 116 Å². The van der Waals surface area contributed by atoms with E-state index < -0.39 is 0 Å². The second-order valence-electron chi connectivity index (χ2n) is 16.6. The number of para-hydroxylation sites is 6. The van der Waals surface area contributed by atoms with Gasteiger partial charge in [0.05, 0.1) is 33.4 Å². The molecule has 0 saturated heterocycles. The molecule has 2 atom stereocenters. The minimum atomic E-state index is -0.267. The van der Waals surface area contributed by atoms with E-state index in [-0.39, 0.29) is 29.6 Å². The summed E-state index contributed by atoms with van der Waals surface area (Å²) in [6.07, 6.45) is -0.535. The lowest BCUT2D eigenvalue weighted by Crippen LogP contribution is -2.33. The Morgan fingerprint density at radius 3 is 1.05 bits per heavy atom. The lowest BCUT2D eigenvalue weighted by molar-refractivity contribution is 0.0706. The number of phenolic OH excluding ortho intramolecular Hbond substituents is 2. The molecule has 0 aliphatic carbocycles. The molecule has 2 heterocycles. The molecule has 306 valence electrons. The molecular weight excluding hydrogens is 765 g/mol. The molecule has 0 bridgehead atoms. The fraction of sp³-hybridized carbons (Fsp3) is 0.143. The summed E-state index contributed by atoms with van der Waals surface area (Å²) in [6, 6.07) is 57.3. The van der Waals surface area contributed by atoms with E-state index in [0.29, 0.717) is 22.6 Å². The van der Waals surface area contributed by atoms with Crippen LogP contribution in [0, 0.1) is 19.8 Å². The molecule has 6 nitrogen and oxygen atoms in total. The van der Waals surface area contributed by atoms with Gasteiger partial charge < -0.3 is 28.8 Å². The van der Waals surface area contributed by atoms with E-state index in [4.69, 9.17) is 9.47 Å². The fourth-order valence-corrected chi connectivity index (χ4v) is 9.22. The first-order valence-corrected chi connectivity index (χ1v) is 21.3. The quantitative estimate of drug-likeness (QED) is 0.144. The first-order chi connectivity index (χ1) is 30.2. The first kappa shape index (κ1) is 38.7. The van der Waals surface area contributed by atoms with Crippen molar-refractivity contribution in [2.45, 2.75) is 46.8 Å². The summed E-state index contributed by atoms with van der Waals surface area (Å²) in [5, 5.41) is 28.9. The summed E-state index contributed by atoms with van der Waals surface area (Å²) in [7, 11) is 0. The average molecular weight is 813 g/mol. The van der Waals surface area contributed by atoms with Crippen molar-refractivity contribution >= 4 is 43.6 Å². The Labute approximate surface area is 361 Å². The molecule has 62 heavy (non-hydrogen) atoms. The minimum absolute atomic E-state index is 0.0605. The number of nitrogens with zero attached hydrogens (tertiary/aromatic N) is 2. The third kappa shape index (κ3) is 6.51. The number of hydrogen-bond donors (Lipinski definition) is 2. The zero-order valence-electron chi connectivity index (χ0n) is 35.5. The van der Waals surface area contributed by atoms with E-state index >= 15 is 0 Å². The first-order valence-electron chi connectivity index (χ1n) is 21.3. The number of ether oxygens (including phenoxy) is 2. The maximum Gasteiger partial charge on any atom is 0.147 e. The monoisotopic (exact) mass is 812 g/mol. The zero-order chi connectivity index (χ0) is 42.6. The van der Waals surface area contributed by atoms with Gasteiger partial charge in [-0.05, 0) is 99.5 Å². The maximum atomic E-state index is 12.2. The number of aryl methyl sites for hydroxylation is 2. The van der Waals surface area contributed by atoms with E-state index in [2.05, 4.69) is 117 Å². The fourth-order valence-electron chi connectivity index (χ4n) is 9.22. The highest BCUT2D eigenvalue weighted by Gasteiger charge is 2.27. The van der Waals surface area contributed by atoms with E-state index in [9.17, 15) is 10.2 Å². The number of rotatable bonds is 10. The van der Waals surface area contributed by atoms with E-state index in [1.807, 2.05) is 97.1 Å². The Balaban J connectivity index is 0.952. The Morgan fingerprint density at radius 1 is 0.387 bits per heavy atom. The summed E-state index contributed by atoms with van der Waals surface area (Å²) in [5.41, 5.74) is 10.6. The van der Waals surface area contributed by atoms with Crippen molar-refractivity contribution < 1.29 is 19.7 Å². The second kappa shape index (κ2) is 15.5. The maximum absolute atomic E-state index is 12.2. The summed E-state index contributed by atoms with van der Waals surface area (Å²) in [6.45, 7) is 10.4. The lowest BCUT2D eigenvalue weighted by atomic mass is 9.97. The molecular formula is C56H48N2O4. The molecule has 0 radical (unpaired) electrons. The number of aromatic hydroxyl groups is 2. The highest BCUT2D eigenvalue weighted by Crippen LogP contribution is 2.45. The highest BCUT2D eigenvalue weighted by atomic mass is 16.5.